The number of hydrogen-bond acceptors (Lipinski definition) is 10. The number of carbonyl (C=O) groups is 2. The Morgan fingerprint density at radius 1 is 0.830 bits per heavy atom. The van der Waals surface area contributed by atoms with Crippen molar-refractivity contribution in [2.24, 2.45) is 0 Å². The van der Waals surface area contributed by atoms with E-state index in [1.165, 1.54) is 32.4 Å². The summed E-state index contributed by atoms with van der Waals surface area (Å²) < 4.78 is 54.9. The summed E-state index contributed by atoms with van der Waals surface area (Å²) in [6.45, 7) is 12.2. The maximum absolute atomic E-state index is 14.3. The van der Waals surface area contributed by atoms with E-state index in [0.717, 1.165) is 41.4 Å². The summed E-state index contributed by atoms with van der Waals surface area (Å²) in [5, 5.41) is 5.50. The Balaban J connectivity index is 1.44. The number of unbranched alkanes of at least 4 members (excludes halogenated alkanes) is 1. The SMILES string of the molecule is COC(=O)CCc1cc(Cl)c(OCCOCCCCOCc2c(CCCOc3cc(C(=O)OC)ccc3F)c(C)nn2COCC[Si](C)(C)C)c(Cl)c1. The van der Waals surface area contributed by atoms with Crippen molar-refractivity contribution >= 4 is 43.2 Å². The molecule has 3 rings (SSSR count). The van der Waals surface area contributed by atoms with Crippen LogP contribution in [0.3, 0.4) is 0 Å². The minimum absolute atomic E-state index is 0.00442. The summed E-state index contributed by atoms with van der Waals surface area (Å²) in [6.07, 6.45) is 3.54. The molecule has 0 bridgehead atoms. The van der Waals surface area contributed by atoms with E-state index >= 15 is 0 Å². The molecule has 294 valence electrons. The van der Waals surface area contributed by atoms with Gasteiger partial charge in [-0.2, -0.15) is 5.10 Å². The van der Waals surface area contributed by atoms with E-state index in [4.69, 9.17) is 56.7 Å². The van der Waals surface area contributed by atoms with Crippen molar-refractivity contribution in [3.8, 4) is 11.5 Å². The molecule has 11 nitrogen and oxygen atoms in total. The normalized spacial score (nSPS) is 11.5. The number of esters is 2. The van der Waals surface area contributed by atoms with E-state index in [1.807, 2.05) is 11.6 Å². The molecule has 0 N–H and O–H groups in total. The highest BCUT2D eigenvalue weighted by molar-refractivity contribution is 6.76. The van der Waals surface area contributed by atoms with Gasteiger partial charge in [0.25, 0.3) is 0 Å². The summed E-state index contributed by atoms with van der Waals surface area (Å²) in [6, 6.07) is 8.43. The second-order valence-electron chi connectivity index (χ2n) is 13.6. The first-order valence-corrected chi connectivity index (χ1v) is 22.3. The van der Waals surface area contributed by atoms with Gasteiger partial charge >= 0.3 is 11.9 Å². The number of aryl methyl sites for hydroxylation is 2. The van der Waals surface area contributed by atoms with Gasteiger partial charge in [-0.3, -0.25) is 4.79 Å². The molecular formula is C38H53Cl2FN2O9Si. The third kappa shape index (κ3) is 15.6. The van der Waals surface area contributed by atoms with Crippen LogP contribution in [0.25, 0.3) is 0 Å². The molecule has 2 aromatic carbocycles. The van der Waals surface area contributed by atoms with Crippen LogP contribution in [0.1, 0.15) is 58.6 Å². The lowest BCUT2D eigenvalue weighted by Crippen LogP contribution is -2.22. The van der Waals surface area contributed by atoms with Gasteiger partial charge in [0, 0.05) is 34.3 Å². The predicted molar refractivity (Wildman–Crippen MR) is 205 cm³/mol. The largest absolute Gasteiger partial charge is 0.490 e. The highest BCUT2D eigenvalue weighted by atomic mass is 35.5. The summed E-state index contributed by atoms with van der Waals surface area (Å²) in [5.41, 5.74) is 3.91. The number of aromatic nitrogens is 2. The van der Waals surface area contributed by atoms with Crippen molar-refractivity contribution in [2.45, 2.75) is 84.5 Å². The van der Waals surface area contributed by atoms with Gasteiger partial charge in [0.1, 0.15) is 13.3 Å². The Labute approximate surface area is 323 Å². The van der Waals surface area contributed by atoms with Crippen LogP contribution in [-0.2, 0) is 54.7 Å². The lowest BCUT2D eigenvalue weighted by molar-refractivity contribution is -0.140. The van der Waals surface area contributed by atoms with E-state index in [9.17, 15) is 14.0 Å². The molecule has 3 aromatic rings. The number of rotatable bonds is 25. The highest BCUT2D eigenvalue weighted by Gasteiger charge is 2.18. The molecular weight excluding hydrogens is 746 g/mol. The monoisotopic (exact) mass is 798 g/mol. The minimum atomic E-state index is -1.24. The molecule has 1 heterocycles. The van der Waals surface area contributed by atoms with Gasteiger partial charge in [0.05, 0.1) is 61.0 Å². The molecule has 0 aliphatic heterocycles. The summed E-state index contributed by atoms with van der Waals surface area (Å²) in [7, 11) is 1.38. The smallest absolute Gasteiger partial charge is 0.337 e. The summed E-state index contributed by atoms with van der Waals surface area (Å²) in [4.78, 5) is 23.3. The summed E-state index contributed by atoms with van der Waals surface area (Å²) >= 11 is 12.7. The Kier molecular flexibility index (Phi) is 19.1. The zero-order valence-electron chi connectivity index (χ0n) is 31.7. The van der Waals surface area contributed by atoms with E-state index < -0.39 is 19.9 Å². The van der Waals surface area contributed by atoms with Crippen molar-refractivity contribution in [3.05, 3.63) is 74.3 Å². The van der Waals surface area contributed by atoms with Crippen LogP contribution in [0.2, 0.25) is 35.7 Å². The van der Waals surface area contributed by atoms with Crippen LogP contribution in [0.5, 0.6) is 11.5 Å². The standard InChI is InChI=1S/C38H53Cl2FN2O9Si/c1-27-30(10-9-17-51-35-24-29(38(45)47-3)12-13-33(35)41)34(43(42-27)26-50-20-21-53(4,5)6)25-49-16-8-7-15-48-18-19-52-37-31(39)22-28(23-32(37)40)11-14-36(44)46-2/h12-13,22-24H,7-11,14-21,25-26H2,1-6H3. The zero-order chi connectivity index (χ0) is 38.8. The molecule has 1 aromatic heterocycles. The molecule has 0 unspecified atom stereocenters. The minimum Gasteiger partial charge on any atom is -0.490 e. The maximum Gasteiger partial charge on any atom is 0.337 e. The molecule has 0 fully saturated rings. The number of hydrogen-bond donors (Lipinski definition) is 0. The van der Waals surface area contributed by atoms with Gasteiger partial charge in [-0.25, -0.2) is 13.9 Å². The fourth-order valence-electron chi connectivity index (χ4n) is 5.20. The number of carbonyl (C=O) groups excluding carboxylic acids is 2. The Hall–Kier alpha value is -3.20. The van der Waals surface area contributed by atoms with Gasteiger partial charge in [-0.05, 0) is 86.5 Å². The first-order chi connectivity index (χ1) is 25.3. The quantitative estimate of drug-likeness (QED) is 0.0472. The second kappa shape index (κ2) is 22.9. The third-order valence-corrected chi connectivity index (χ3v) is 10.5. The third-order valence-electron chi connectivity index (χ3n) is 8.20. The second-order valence-corrected chi connectivity index (χ2v) is 20.1. The molecule has 0 amide bonds. The van der Waals surface area contributed by atoms with Gasteiger partial charge < -0.3 is 33.2 Å². The highest BCUT2D eigenvalue weighted by Crippen LogP contribution is 2.34. The van der Waals surface area contributed by atoms with Crippen LogP contribution >= 0.6 is 23.2 Å². The molecule has 0 spiro atoms. The van der Waals surface area contributed by atoms with Crippen LogP contribution in [0.4, 0.5) is 4.39 Å². The molecule has 53 heavy (non-hydrogen) atoms. The van der Waals surface area contributed by atoms with Gasteiger partial charge in [-0.1, -0.05) is 42.8 Å². The number of methoxy groups -OCH3 is 2. The van der Waals surface area contributed by atoms with E-state index in [-0.39, 0.29) is 36.9 Å². The van der Waals surface area contributed by atoms with Crippen LogP contribution in [0.15, 0.2) is 30.3 Å². The van der Waals surface area contributed by atoms with Crippen LogP contribution < -0.4 is 9.47 Å². The van der Waals surface area contributed by atoms with Gasteiger partial charge in [-0.15, -0.1) is 0 Å². The van der Waals surface area contributed by atoms with Crippen LogP contribution in [-0.4, -0.2) is 83.7 Å². The molecule has 0 aliphatic rings. The molecule has 15 heteroatoms. The number of ether oxygens (including phenoxy) is 7. The lowest BCUT2D eigenvalue weighted by atomic mass is 10.1. The molecule has 0 saturated heterocycles. The molecule has 0 radical (unpaired) electrons. The number of nitrogens with zero attached hydrogens (tertiary/aromatic N) is 2. The van der Waals surface area contributed by atoms with Gasteiger partial charge in [0.15, 0.2) is 17.3 Å². The van der Waals surface area contributed by atoms with Crippen molar-refractivity contribution in [3.63, 3.8) is 0 Å². The van der Waals surface area contributed by atoms with Crippen molar-refractivity contribution in [2.75, 3.05) is 53.9 Å². The van der Waals surface area contributed by atoms with Crippen molar-refractivity contribution < 1.29 is 47.1 Å². The number of benzene rings is 2. The van der Waals surface area contributed by atoms with Crippen LogP contribution in [0, 0.1) is 12.7 Å². The fourth-order valence-corrected chi connectivity index (χ4v) is 6.60. The van der Waals surface area contributed by atoms with Gasteiger partial charge in [0.2, 0.25) is 0 Å². The lowest BCUT2D eigenvalue weighted by Gasteiger charge is -2.16. The topological polar surface area (TPSA) is 117 Å². The maximum atomic E-state index is 14.3. The molecule has 0 aliphatic carbocycles. The number of halogens is 3. The van der Waals surface area contributed by atoms with E-state index in [2.05, 4.69) is 24.4 Å². The fraction of sp³-hybridized carbons (Fsp3) is 0.553. The average Bonchev–Trinajstić information content (AvgIpc) is 3.41. The first kappa shape index (κ1) is 44.2. The van der Waals surface area contributed by atoms with Crippen molar-refractivity contribution in [1.29, 1.82) is 0 Å². The average molecular weight is 800 g/mol. The Morgan fingerprint density at radius 2 is 1.55 bits per heavy atom. The molecule has 0 atom stereocenters. The van der Waals surface area contributed by atoms with E-state index in [0.29, 0.717) is 74.8 Å². The predicted octanol–water partition coefficient (Wildman–Crippen LogP) is 8.25. The first-order valence-electron chi connectivity index (χ1n) is 17.8. The molecule has 0 saturated carbocycles. The Morgan fingerprint density at radius 3 is 2.23 bits per heavy atom. The Bertz CT molecular complexity index is 1590. The zero-order valence-corrected chi connectivity index (χ0v) is 34.2. The van der Waals surface area contributed by atoms with Crippen molar-refractivity contribution in [1.82, 2.24) is 9.78 Å². The van der Waals surface area contributed by atoms with E-state index in [1.54, 1.807) is 12.1 Å². The summed E-state index contributed by atoms with van der Waals surface area (Å²) in [5.74, 6) is -1.02.